The van der Waals surface area contributed by atoms with Crippen molar-refractivity contribution < 1.29 is 9.90 Å². The third-order valence-corrected chi connectivity index (χ3v) is 4.86. The highest BCUT2D eigenvalue weighted by atomic mass is 35.5. The zero-order chi connectivity index (χ0) is 18.8. The number of hydrazone groups is 1. The highest BCUT2D eigenvalue weighted by Gasteiger charge is 2.34. The maximum atomic E-state index is 13.1. The number of carbonyl (C=O) groups excluding carboxylic acids is 1. The van der Waals surface area contributed by atoms with Crippen LogP contribution in [0.3, 0.4) is 0 Å². The second-order valence-corrected chi connectivity index (χ2v) is 6.78. The van der Waals surface area contributed by atoms with Crippen molar-refractivity contribution in [3.8, 4) is 5.75 Å². The molecule has 1 amide bonds. The monoisotopic (exact) mass is 376 g/mol. The average molecular weight is 377 g/mol. The fourth-order valence-electron chi connectivity index (χ4n) is 3.24. The Labute approximate surface area is 162 Å². The molecule has 0 unspecified atom stereocenters. The minimum Gasteiger partial charge on any atom is -0.508 e. The number of carbonyl (C=O) groups is 1. The van der Waals surface area contributed by atoms with Gasteiger partial charge in [-0.2, -0.15) is 5.10 Å². The minimum atomic E-state index is -0.371. The van der Waals surface area contributed by atoms with Gasteiger partial charge in [-0.3, -0.25) is 4.79 Å². The molecule has 3 aromatic rings. The Kier molecular flexibility index (Phi) is 4.65. The fraction of sp³-hybridized carbons (Fsp3) is 0.0909. The number of hydrogen-bond donors (Lipinski definition) is 1. The molecular formula is C22H17ClN2O2. The molecule has 27 heavy (non-hydrogen) atoms. The van der Waals surface area contributed by atoms with Gasteiger partial charge < -0.3 is 5.11 Å². The third-order valence-electron chi connectivity index (χ3n) is 4.61. The standard InChI is InChI=1S/C22H17ClN2O2/c23-17-12-10-16(11-13-17)22(27)25-20(18-8-4-5-9-21(18)26)14-19(24-25)15-6-2-1-3-7-15/h1-13,20,26H,14H2/t20-/m0/s1. The maximum Gasteiger partial charge on any atom is 0.274 e. The van der Waals surface area contributed by atoms with Gasteiger partial charge in [0.15, 0.2) is 0 Å². The number of phenolic OH excluding ortho intramolecular Hbond substituents is 1. The molecule has 0 radical (unpaired) electrons. The summed E-state index contributed by atoms with van der Waals surface area (Å²) in [4.78, 5) is 13.1. The topological polar surface area (TPSA) is 52.9 Å². The first-order chi connectivity index (χ1) is 13.1. The smallest absolute Gasteiger partial charge is 0.274 e. The van der Waals surface area contributed by atoms with Gasteiger partial charge in [-0.05, 0) is 35.9 Å². The van der Waals surface area contributed by atoms with Crippen molar-refractivity contribution >= 4 is 23.2 Å². The summed E-state index contributed by atoms with van der Waals surface area (Å²) in [6, 6.07) is 23.2. The van der Waals surface area contributed by atoms with E-state index in [4.69, 9.17) is 11.6 Å². The largest absolute Gasteiger partial charge is 0.508 e. The molecule has 1 N–H and O–H groups in total. The third kappa shape index (κ3) is 3.44. The van der Waals surface area contributed by atoms with Crippen molar-refractivity contribution in [1.82, 2.24) is 5.01 Å². The van der Waals surface area contributed by atoms with Crippen LogP contribution in [-0.2, 0) is 0 Å². The number of benzene rings is 3. The number of hydrogen-bond acceptors (Lipinski definition) is 3. The number of rotatable bonds is 3. The van der Waals surface area contributed by atoms with Crippen molar-refractivity contribution in [2.24, 2.45) is 5.10 Å². The Morgan fingerprint density at radius 1 is 0.963 bits per heavy atom. The van der Waals surface area contributed by atoms with Crippen molar-refractivity contribution in [3.05, 3.63) is 101 Å². The number of para-hydroxylation sites is 1. The summed E-state index contributed by atoms with van der Waals surface area (Å²) in [5, 5.41) is 17.0. The summed E-state index contributed by atoms with van der Waals surface area (Å²) < 4.78 is 0. The van der Waals surface area contributed by atoms with Crippen LogP contribution in [0.4, 0.5) is 0 Å². The second-order valence-electron chi connectivity index (χ2n) is 6.35. The molecule has 0 aromatic heterocycles. The van der Waals surface area contributed by atoms with Gasteiger partial charge in [0.05, 0.1) is 11.8 Å². The Morgan fingerprint density at radius 3 is 2.33 bits per heavy atom. The van der Waals surface area contributed by atoms with Crippen molar-refractivity contribution in [1.29, 1.82) is 0 Å². The first-order valence-corrected chi connectivity index (χ1v) is 9.01. The van der Waals surface area contributed by atoms with Gasteiger partial charge in [0.2, 0.25) is 0 Å². The molecular weight excluding hydrogens is 360 g/mol. The molecule has 1 atom stereocenters. The van der Waals surface area contributed by atoms with E-state index < -0.39 is 0 Å². The lowest BCUT2D eigenvalue weighted by atomic mass is 9.97. The Morgan fingerprint density at radius 2 is 1.63 bits per heavy atom. The van der Waals surface area contributed by atoms with Gasteiger partial charge in [-0.15, -0.1) is 0 Å². The van der Waals surface area contributed by atoms with E-state index in [9.17, 15) is 9.90 Å². The van der Waals surface area contributed by atoms with Crippen LogP contribution in [0, 0.1) is 0 Å². The number of nitrogens with zero attached hydrogens (tertiary/aromatic N) is 2. The van der Waals surface area contributed by atoms with Crippen molar-refractivity contribution in [3.63, 3.8) is 0 Å². The Bertz CT molecular complexity index is 1000. The van der Waals surface area contributed by atoms with Gasteiger partial charge in [0.1, 0.15) is 5.75 Å². The molecule has 0 aliphatic carbocycles. The molecule has 134 valence electrons. The molecule has 0 saturated heterocycles. The lowest BCUT2D eigenvalue weighted by Crippen LogP contribution is -2.27. The van der Waals surface area contributed by atoms with Crippen molar-refractivity contribution in [2.45, 2.75) is 12.5 Å². The summed E-state index contributed by atoms with van der Waals surface area (Å²) in [5.74, 6) is -0.0771. The van der Waals surface area contributed by atoms with E-state index in [1.165, 1.54) is 5.01 Å². The van der Waals surface area contributed by atoms with Crippen LogP contribution in [0.5, 0.6) is 5.75 Å². The molecule has 1 heterocycles. The van der Waals surface area contributed by atoms with Crippen LogP contribution < -0.4 is 0 Å². The molecule has 0 spiro atoms. The van der Waals surface area contributed by atoms with E-state index in [0.717, 1.165) is 11.3 Å². The highest BCUT2D eigenvalue weighted by Crippen LogP contribution is 2.37. The highest BCUT2D eigenvalue weighted by molar-refractivity contribution is 6.30. The number of halogens is 1. The number of amides is 1. The second kappa shape index (κ2) is 7.25. The Hall–Kier alpha value is -3.11. The summed E-state index contributed by atoms with van der Waals surface area (Å²) in [6.45, 7) is 0. The van der Waals surface area contributed by atoms with E-state index in [0.29, 0.717) is 22.6 Å². The van der Waals surface area contributed by atoms with Gasteiger partial charge in [0, 0.05) is 22.6 Å². The predicted octanol–water partition coefficient (Wildman–Crippen LogP) is 5.04. The van der Waals surface area contributed by atoms with Gasteiger partial charge in [-0.25, -0.2) is 5.01 Å². The number of aromatic hydroxyl groups is 1. The zero-order valence-corrected chi connectivity index (χ0v) is 15.2. The van der Waals surface area contributed by atoms with Gasteiger partial charge in [-0.1, -0.05) is 60.1 Å². The normalized spacial score (nSPS) is 16.3. The first-order valence-electron chi connectivity index (χ1n) is 8.63. The molecule has 3 aromatic carbocycles. The lowest BCUT2D eigenvalue weighted by molar-refractivity contribution is 0.0709. The first kappa shape index (κ1) is 17.3. The molecule has 4 rings (SSSR count). The predicted molar refractivity (Wildman–Crippen MR) is 106 cm³/mol. The summed E-state index contributed by atoms with van der Waals surface area (Å²) in [7, 11) is 0. The number of phenols is 1. The molecule has 0 fully saturated rings. The average Bonchev–Trinajstić information content (AvgIpc) is 3.14. The minimum absolute atomic E-state index is 0.154. The molecule has 0 bridgehead atoms. The van der Waals surface area contributed by atoms with E-state index in [1.807, 2.05) is 42.5 Å². The van der Waals surface area contributed by atoms with Crippen LogP contribution in [-0.4, -0.2) is 21.7 Å². The van der Waals surface area contributed by atoms with Crippen LogP contribution >= 0.6 is 11.6 Å². The maximum absolute atomic E-state index is 13.1. The Balaban J connectivity index is 1.75. The van der Waals surface area contributed by atoms with Crippen LogP contribution in [0.1, 0.15) is 33.9 Å². The molecule has 0 saturated carbocycles. The zero-order valence-electron chi connectivity index (χ0n) is 14.4. The summed E-state index contributed by atoms with van der Waals surface area (Å²) >= 11 is 5.94. The molecule has 5 heteroatoms. The van der Waals surface area contributed by atoms with E-state index in [1.54, 1.807) is 36.4 Å². The quantitative estimate of drug-likeness (QED) is 0.696. The summed E-state index contributed by atoms with van der Waals surface area (Å²) in [5.41, 5.74) is 2.95. The van der Waals surface area contributed by atoms with Crippen LogP contribution in [0.15, 0.2) is 84.0 Å². The molecule has 1 aliphatic rings. The summed E-state index contributed by atoms with van der Waals surface area (Å²) in [6.07, 6.45) is 0.529. The van der Waals surface area contributed by atoms with E-state index in [2.05, 4.69) is 5.10 Å². The van der Waals surface area contributed by atoms with Crippen molar-refractivity contribution in [2.75, 3.05) is 0 Å². The van der Waals surface area contributed by atoms with E-state index in [-0.39, 0.29) is 17.7 Å². The molecule has 4 nitrogen and oxygen atoms in total. The van der Waals surface area contributed by atoms with E-state index >= 15 is 0 Å². The SMILES string of the molecule is O=C(c1ccc(Cl)cc1)N1N=C(c2ccccc2)C[C@H]1c1ccccc1O. The molecule has 1 aliphatic heterocycles. The lowest BCUT2D eigenvalue weighted by Gasteiger charge is -2.22. The fourth-order valence-corrected chi connectivity index (χ4v) is 3.36. The van der Waals surface area contributed by atoms with Gasteiger partial charge in [0.25, 0.3) is 5.91 Å². The van der Waals surface area contributed by atoms with Crippen LogP contribution in [0.2, 0.25) is 5.02 Å². The van der Waals surface area contributed by atoms with Crippen LogP contribution in [0.25, 0.3) is 0 Å². The van der Waals surface area contributed by atoms with Gasteiger partial charge >= 0.3 is 0 Å².